The molecule has 3 heteroatoms. The van der Waals surface area contributed by atoms with Gasteiger partial charge in [0.25, 0.3) is 0 Å². The molecule has 0 heterocycles. The standard InChI is InChI=1S/C16H17ClIN/c1-3-19-16(12-7-5-8-13(17)10-12)14-9-4-6-11(2)15(14)18/h4-10,16,19H,3H2,1-2H3. The summed E-state index contributed by atoms with van der Waals surface area (Å²) in [6, 6.07) is 14.7. The van der Waals surface area contributed by atoms with Crippen LogP contribution >= 0.6 is 34.2 Å². The molecule has 0 amide bonds. The molecule has 19 heavy (non-hydrogen) atoms. The third-order valence-electron chi connectivity index (χ3n) is 3.12. The van der Waals surface area contributed by atoms with Gasteiger partial charge in [-0.25, -0.2) is 0 Å². The predicted molar refractivity (Wildman–Crippen MR) is 90.9 cm³/mol. The zero-order valence-corrected chi connectivity index (χ0v) is 14.0. The molecule has 2 rings (SSSR count). The smallest absolute Gasteiger partial charge is 0.0587 e. The quantitative estimate of drug-likeness (QED) is 0.734. The minimum absolute atomic E-state index is 0.190. The van der Waals surface area contributed by atoms with Crippen LogP contribution in [0.2, 0.25) is 5.02 Å². The molecule has 0 bridgehead atoms. The van der Waals surface area contributed by atoms with E-state index in [1.165, 1.54) is 20.3 Å². The summed E-state index contributed by atoms with van der Waals surface area (Å²) in [5.74, 6) is 0. The first-order valence-electron chi connectivity index (χ1n) is 6.37. The Hall–Kier alpha value is -0.580. The topological polar surface area (TPSA) is 12.0 Å². The van der Waals surface area contributed by atoms with E-state index in [1.807, 2.05) is 18.2 Å². The summed E-state index contributed by atoms with van der Waals surface area (Å²) in [4.78, 5) is 0. The van der Waals surface area contributed by atoms with E-state index in [1.54, 1.807) is 0 Å². The summed E-state index contributed by atoms with van der Waals surface area (Å²) in [7, 11) is 0. The third-order valence-corrected chi connectivity index (χ3v) is 4.83. The molecule has 1 unspecified atom stereocenters. The van der Waals surface area contributed by atoms with Gasteiger partial charge in [-0.1, -0.05) is 48.9 Å². The summed E-state index contributed by atoms with van der Waals surface area (Å²) in [5.41, 5.74) is 3.82. The van der Waals surface area contributed by atoms with E-state index in [9.17, 15) is 0 Å². The van der Waals surface area contributed by atoms with Crippen LogP contribution in [0.1, 0.15) is 29.7 Å². The monoisotopic (exact) mass is 385 g/mol. The van der Waals surface area contributed by atoms with E-state index in [2.05, 4.69) is 66.0 Å². The van der Waals surface area contributed by atoms with Crippen molar-refractivity contribution in [2.45, 2.75) is 19.9 Å². The number of hydrogen-bond donors (Lipinski definition) is 1. The van der Waals surface area contributed by atoms with Crippen molar-refractivity contribution in [3.63, 3.8) is 0 Å². The molecule has 0 aliphatic carbocycles. The Morgan fingerprint density at radius 1 is 1.21 bits per heavy atom. The maximum Gasteiger partial charge on any atom is 0.0587 e. The van der Waals surface area contributed by atoms with E-state index in [-0.39, 0.29) is 6.04 Å². The van der Waals surface area contributed by atoms with E-state index in [4.69, 9.17) is 11.6 Å². The highest BCUT2D eigenvalue weighted by atomic mass is 127. The second kappa shape index (κ2) is 6.73. The molecule has 1 N–H and O–H groups in total. The van der Waals surface area contributed by atoms with Gasteiger partial charge in [0, 0.05) is 8.59 Å². The minimum atomic E-state index is 0.190. The lowest BCUT2D eigenvalue weighted by Crippen LogP contribution is -2.23. The average molecular weight is 386 g/mol. The second-order valence-corrected chi connectivity index (χ2v) is 6.04. The number of hydrogen-bond acceptors (Lipinski definition) is 1. The van der Waals surface area contributed by atoms with E-state index < -0.39 is 0 Å². The van der Waals surface area contributed by atoms with Gasteiger partial charge in [0.15, 0.2) is 0 Å². The highest BCUT2D eigenvalue weighted by molar-refractivity contribution is 14.1. The number of halogens is 2. The first kappa shape index (κ1) is 14.8. The van der Waals surface area contributed by atoms with Crippen LogP contribution in [0.15, 0.2) is 42.5 Å². The Bertz CT molecular complexity index is 568. The van der Waals surface area contributed by atoms with Crippen molar-refractivity contribution in [1.29, 1.82) is 0 Å². The molecule has 0 aromatic heterocycles. The Kier molecular flexibility index (Phi) is 5.25. The highest BCUT2D eigenvalue weighted by Gasteiger charge is 2.16. The SMILES string of the molecule is CCNC(c1cccc(Cl)c1)c1cccc(C)c1I. The molecule has 0 spiro atoms. The van der Waals surface area contributed by atoms with Crippen LogP contribution in [-0.4, -0.2) is 6.54 Å². The van der Waals surface area contributed by atoms with Crippen LogP contribution in [0, 0.1) is 10.5 Å². The second-order valence-electron chi connectivity index (χ2n) is 4.52. The summed E-state index contributed by atoms with van der Waals surface area (Å²) in [6.45, 7) is 5.19. The predicted octanol–water partition coefficient (Wildman–Crippen LogP) is 4.95. The molecular formula is C16H17ClIN. The van der Waals surface area contributed by atoms with Crippen LogP contribution < -0.4 is 5.32 Å². The minimum Gasteiger partial charge on any atom is -0.306 e. The maximum absolute atomic E-state index is 6.12. The fourth-order valence-corrected chi connectivity index (χ4v) is 3.06. The fourth-order valence-electron chi connectivity index (χ4n) is 2.19. The summed E-state index contributed by atoms with van der Waals surface area (Å²) in [5, 5.41) is 4.33. The maximum atomic E-state index is 6.12. The van der Waals surface area contributed by atoms with Gasteiger partial charge < -0.3 is 5.32 Å². The van der Waals surface area contributed by atoms with Gasteiger partial charge in [0.05, 0.1) is 6.04 Å². The van der Waals surface area contributed by atoms with Gasteiger partial charge in [-0.3, -0.25) is 0 Å². The van der Waals surface area contributed by atoms with Crippen molar-refractivity contribution in [2.75, 3.05) is 6.54 Å². The summed E-state index contributed by atoms with van der Waals surface area (Å²) in [6.07, 6.45) is 0. The molecule has 0 fully saturated rings. The number of rotatable bonds is 4. The lowest BCUT2D eigenvalue weighted by atomic mass is 9.97. The van der Waals surface area contributed by atoms with Gasteiger partial charge in [0.2, 0.25) is 0 Å². The van der Waals surface area contributed by atoms with Crippen LogP contribution in [0.25, 0.3) is 0 Å². The average Bonchev–Trinajstić information content (AvgIpc) is 2.40. The highest BCUT2D eigenvalue weighted by Crippen LogP contribution is 2.29. The van der Waals surface area contributed by atoms with Crippen molar-refractivity contribution < 1.29 is 0 Å². The Balaban J connectivity index is 2.48. The molecule has 0 aliphatic rings. The summed E-state index contributed by atoms with van der Waals surface area (Å²) >= 11 is 8.54. The Morgan fingerprint density at radius 3 is 2.63 bits per heavy atom. The Morgan fingerprint density at radius 2 is 1.95 bits per heavy atom. The van der Waals surface area contributed by atoms with E-state index in [0.717, 1.165) is 11.6 Å². The molecule has 100 valence electrons. The van der Waals surface area contributed by atoms with Crippen molar-refractivity contribution in [3.05, 3.63) is 67.7 Å². The molecule has 0 aliphatic heterocycles. The Labute approximate surface area is 133 Å². The fraction of sp³-hybridized carbons (Fsp3) is 0.250. The zero-order valence-electron chi connectivity index (χ0n) is 11.1. The van der Waals surface area contributed by atoms with Crippen molar-refractivity contribution >= 4 is 34.2 Å². The molecule has 1 atom stereocenters. The first-order valence-corrected chi connectivity index (χ1v) is 7.83. The largest absolute Gasteiger partial charge is 0.306 e. The van der Waals surface area contributed by atoms with Gasteiger partial charge >= 0.3 is 0 Å². The lowest BCUT2D eigenvalue weighted by molar-refractivity contribution is 0.628. The first-order chi connectivity index (χ1) is 9.13. The van der Waals surface area contributed by atoms with Gasteiger partial charge in [0.1, 0.15) is 0 Å². The molecule has 0 saturated heterocycles. The summed E-state index contributed by atoms with van der Waals surface area (Å²) < 4.78 is 1.31. The van der Waals surface area contributed by atoms with E-state index in [0.29, 0.717) is 0 Å². The molecule has 2 aromatic rings. The van der Waals surface area contributed by atoms with E-state index >= 15 is 0 Å². The number of nitrogens with one attached hydrogen (secondary N) is 1. The van der Waals surface area contributed by atoms with Crippen molar-refractivity contribution in [3.8, 4) is 0 Å². The van der Waals surface area contributed by atoms with Gasteiger partial charge in [-0.2, -0.15) is 0 Å². The molecule has 0 radical (unpaired) electrons. The molecule has 1 nitrogen and oxygen atoms in total. The van der Waals surface area contributed by atoms with Gasteiger partial charge in [-0.05, 0) is 64.9 Å². The normalized spacial score (nSPS) is 12.4. The van der Waals surface area contributed by atoms with Crippen LogP contribution in [0.5, 0.6) is 0 Å². The van der Waals surface area contributed by atoms with Crippen LogP contribution in [0.4, 0.5) is 0 Å². The number of aryl methyl sites for hydroxylation is 1. The molecular weight excluding hydrogens is 369 g/mol. The lowest BCUT2D eigenvalue weighted by Gasteiger charge is -2.21. The van der Waals surface area contributed by atoms with Gasteiger partial charge in [-0.15, -0.1) is 0 Å². The van der Waals surface area contributed by atoms with Crippen molar-refractivity contribution in [2.24, 2.45) is 0 Å². The third kappa shape index (κ3) is 3.50. The van der Waals surface area contributed by atoms with Crippen LogP contribution in [0.3, 0.4) is 0 Å². The number of benzene rings is 2. The van der Waals surface area contributed by atoms with Crippen LogP contribution in [-0.2, 0) is 0 Å². The zero-order chi connectivity index (χ0) is 13.8. The molecule has 0 saturated carbocycles. The van der Waals surface area contributed by atoms with Crippen molar-refractivity contribution in [1.82, 2.24) is 5.32 Å². The molecule has 2 aromatic carbocycles.